The van der Waals surface area contributed by atoms with E-state index in [-0.39, 0.29) is 11.7 Å². The molecule has 0 N–H and O–H groups in total. The molecular formula is C23H28N2O3S. The number of rotatable bonds is 4. The summed E-state index contributed by atoms with van der Waals surface area (Å²) in [5.74, 6) is 0.197. The molecule has 0 spiro atoms. The van der Waals surface area contributed by atoms with E-state index < -0.39 is 15.4 Å². The second-order valence-electron chi connectivity index (χ2n) is 7.94. The number of benzene rings is 2. The fraction of sp³-hybridized carbons (Fsp3) is 0.435. The zero-order valence-electron chi connectivity index (χ0n) is 16.9. The predicted octanol–water partition coefficient (Wildman–Crippen LogP) is 3.35. The van der Waals surface area contributed by atoms with Crippen LogP contribution in [-0.4, -0.2) is 44.0 Å². The lowest BCUT2D eigenvalue weighted by Gasteiger charge is -2.44. The van der Waals surface area contributed by atoms with E-state index >= 15 is 0 Å². The molecular weight excluding hydrogens is 384 g/mol. The van der Waals surface area contributed by atoms with Gasteiger partial charge in [-0.1, -0.05) is 48.5 Å². The summed E-state index contributed by atoms with van der Waals surface area (Å²) < 4.78 is 26.3. The molecule has 0 radical (unpaired) electrons. The molecule has 0 aromatic heterocycles. The number of piperidine rings is 1. The van der Waals surface area contributed by atoms with Crippen molar-refractivity contribution < 1.29 is 13.2 Å². The Kier molecular flexibility index (Phi) is 5.49. The van der Waals surface area contributed by atoms with Crippen LogP contribution < -0.4 is 4.90 Å². The summed E-state index contributed by atoms with van der Waals surface area (Å²) in [5, 5.41) is 0. The second-order valence-corrected chi connectivity index (χ2v) is 10.2. The van der Waals surface area contributed by atoms with Gasteiger partial charge in [-0.15, -0.1) is 0 Å². The van der Waals surface area contributed by atoms with Gasteiger partial charge in [-0.2, -0.15) is 0 Å². The quantitative estimate of drug-likeness (QED) is 0.774. The maximum Gasteiger partial charge on any atom is 0.237 e. The molecule has 0 unspecified atom stereocenters. The highest BCUT2D eigenvalue weighted by Crippen LogP contribution is 2.40. The molecule has 1 fully saturated rings. The topological polar surface area (TPSA) is 57.7 Å². The molecule has 2 aliphatic rings. The zero-order valence-corrected chi connectivity index (χ0v) is 17.7. The van der Waals surface area contributed by atoms with E-state index in [9.17, 15) is 13.2 Å². The molecule has 2 aromatic rings. The molecule has 2 aromatic carbocycles. The fourth-order valence-electron chi connectivity index (χ4n) is 4.71. The number of carbonyl (C=O) groups is 1. The Morgan fingerprint density at radius 3 is 2.31 bits per heavy atom. The van der Waals surface area contributed by atoms with Crippen LogP contribution in [0.3, 0.4) is 0 Å². The first kappa shape index (κ1) is 20.1. The highest BCUT2D eigenvalue weighted by atomic mass is 32.2. The number of nitrogens with zero attached hydrogens (tertiary/aromatic N) is 2. The Labute approximate surface area is 173 Å². The number of sulfonamides is 1. The third kappa shape index (κ3) is 3.60. The van der Waals surface area contributed by atoms with E-state index in [4.69, 9.17) is 0 Å². The Balaban J connectivity index is 1.71. The molecule has 1 saturated heterocycles. The Morgan fingerprint density at radius 1 is 0.966 bits per heavy atom. The SMILES string of the molecule is CCS(=O)(=O)N1CCC(C(=O)N2CCCc3ccccc32)(c2ccccc2)CC1. The van der Waals surface area contributed by atoms with Crippen molar-refractivity contribution in [2.24, 2.45) is 0 Å². The average Bonchev–Trinajstić information content (AvgIpc) is 2.79. The van der Waals surface area contributed by atoms with Crippen LogP contribution in [0.5, 0.6) is 0 Å². The van der Waals surface area contributed by atoms with Gasteiger partial charge in [0.1, 0.15) is 0 Å². The number of aryl methyl sites for hydroxylation is 1. The third-order valence-electron chi connectivity index (χ3n) is 6.43. The summed E-state index contributed by atoms with van der Waals surface area (Å²) in [6.07, 6.45) is 2.95. The summed E-state index contributed by atoms with van der Waals surface area (Å²) in [6.45, 7) is 3.14. The monoisotopic (exact) mass is 412 g/mol. The van der Waals surface area contributed by atoms with Gasteiger partial charge in [-0.3, -0.25) is 4.79 Å². The summed E-state index contributed by atoms with van der Waals surface area (Å²) in [4.78, 5) is 16.0. The van der Waals surface area contributed by atoms with E-state index in [1.54, 1.807) is 11.2 Å². The van der Waals surface area contributed by atoms with Crippen LogP contribution >= 0.6 is 0 Å². The first-order chi connectivity index (χ1) is 14.0. The molecule has 0 saturated carbocycles. The lowest BCUT2D eigenvalue weighted by atomic mass is 9.71. The van der Waals surface area contributed by atoms with Gasteiger partial charge < -0.3 is 4.90 Å². The minimum atomic E-state index is -3.24. The lowest BCUT2D eigenvalue weighted by Crippen LogP contribution is -2.55. The fourth-order valence-corrected chi connectivity index (χ4v) is 5.82. The predicted molar refractivity (Wildman–Crippen MR) is 116 cm³/mol. The molecule has 0 atom stereocenters. The first-order valence-corrected chi connectivity index (χ1v) is 12.0. The summed E-state index contributed by atoms with van der Waals surface area (Å²) in [5.41, 5.74) is 2.51. The van der Waals surface area contributed by atoms with Crippen LogP contribution in [0.15, 0.2) is 54.6 Å². The van der Waals surface area contributed by atoms with Gasteiger partial charge >= 0.3 is 0 Å². The summed E-state index contributed by atoms with van der Waals surface area (Å²) >= 11 is 0. The average molecular weight is 413 g/mol. The van der Waals surface area contributed by atoms with Crippen LogP contribution in [0.2, 0.25) is 0 Å². The summed E-state index contributed by atoms with van der Waals surface area (Å²) in [6, 6.07) is 18.0. The largest absolute Gasteiger partial charge is 0.311 e. The van der Waals surface area contributed by atoms with Crippen molar-refractivity contribution in [3.05, 3.63) is 65.7 Å². The van der Waals surface area contributed by atoms with Crippen LogP contribution in [0, 0.1) is 0 Å². The van der Waals surface area contributed by atoms with Gasteiger partial charge in [0, 0.05) is 25.3 Å². The number of amides is 1. The Hall–Kier alpha value is -2.18. The van der Waals surface area contributed by atoms with Crippen molar-refractivity contribution in [3.63, 3.8) is 0 Å². The van der Waals surface area contributed by atoms with Gasteiger partial charge in [-0.25, -0.2) is 12.7 Å². The molecule has 0 bridgehead atoms. The van der Waals surface area contributed by atoms with Crippen LogP contribution in [0.1, 0.15) is 37.3 Å². The molecule has 6 heteroatoms. The molecule has 2 aliphatic heterocycles. The zero-order chi connectivity index (χ0) is 20.5. The number of para-hydroxylation sites is 1. The van der Waals surface area contributed by atoms with Crippen molar-refractivity contribution in [3.8, 4) is 0 Å². The molecule has 0 aliphatic carbocycles. The molecule has 29 heavy (non-hydrogen) atoms. The van der Waals surface area contributed by atoms with Crippen LogP contribution in [-0.2, 0) is 26.7 Å². The van der Waals surface area contributed by atoms with E-state index in [0.29, 0.717) is 32.5 Å². The van der Waals surface area contributed by atoms with E-state index in [2.05, 4.69) is 6.07 Å². The number of hydrogen-bond donors (Lipinski definition) is 0. The standard InChI is InChI=1S/C23H28N2O3S/c1-2-29(27,28)24-17-14-23(15-18-24,20-11-4-3-5-12-20)22(26)25-16-8-10-19-9-6-7-13-21(19)25/h3-7,9,11-13H,2,8,10,14-18H2,1H3. The van der Waals surface area contributed by atoms with Crippen molar-refractivity contribution in [1.82, 2.24) is 4.31 Å². The lowest BCUT2D eigenvalue weighted by molar-refractivity contribution is -0.125. The maximum atomic E-state index is 14.0. The summed E-state index contributed by atoms with van der Waals surface area (Å²) in [7, 11) is -3.24. The smallest absolute Gasteiger partial charge is 0.237 e. The molecule has 154 valence electrons. The van der Waals surface area contributed by atoms with E-state index in [1.165, 1.54) is 5.56 Å². The Bertz CT molecular complexity index is 980. The van der Waals surface area contributed by atoms with Crippen molar-refractivity contribution in [2.45, 2.75) is 38.0 Å². The highest BCUT2D eigenvalue weighted by Gasteiger charge is 2.47. The number of hydrogen-bond acceptors (Lipinski definition) is 3. The number of fused-ring (bicyclic) bond motifs is 1. The van der Waals surface area contributed by atoms with Crippen molar-refractivity contribution >= 4 is 21.6 Å². The number of anilines is 1. The molecule has 4 rings (SSSR count). The van der Waals surface area contributed by atoms with Crippen molar-refractivity contribution in [1.29, 1.82) is 0 Å². The van der Waals surface area contributed by atoms with Gasteiger partial charge in [0.2, 0.25) is 15.9 Å². The second kappa shape index (κ2) is 7.92. The minimum Gasteiger partial charge on any atom is -0.311 e. The molecule has 5 nitrogen and oxygen atoms in total. The first-order valence-electron chi connectivity index (χ1n) is 10.4. The van der Waals surface area contributed by atoms with Crippen LogP contribution in [0.25, 0.3) is 0 Å². The maximum absolute atomic E-state index is 14.0. The number of carbonyl (C=O) groups excluding carboxylic acids is 1. The normalized spacial score (nSPS) is 19.6. The third-order valence-corrected chi connectivity index (χ3v) is 8.31. The molecule has 1 amide bonds. The van der Waals surface area contributed by atoms with Crippen molar-refractivity contribution in [2.75, 3.05) is 30.3 Å². The highest BCUT2D eigenvalue weighted by molar-refractivity contribution is 7.89. The van der Waals surface area contributed by atoms with Gasteiger partial charge in [0.05, 0.1) is 11.2 Å². The van der Waals surface area contributed by atoms with Gasteiger partial charge in [0.25, 0.3) is 0 Å². The minimum absolute atomic E-state index is 0.0960. The molecule has 2 heterocycles. The van der Waals surface area contributed by atoms with E-state index in [0.717, 1.165) is 24.1 Å². The van der Waals surface area contributed by atoms with Gasteiger partial charge in [-0.05, 0) is 49.8 Å². The Morgan fingerprint density at radius 2 is 1.62 bits per heavy atom. The van der Waals surface area contributed by atoms with Gasteiger partial charge in [0.15, 0.2) is 0 Å². The van der Waals surface area contributed by atoms with E-state index in [1.807, 2.05) is 53.4 Å². The van der Waals surface area contributed by atoms with Crippen LogP contribution in [0.4, 0.5) is 5.69 Å².